The standard InChI is InChI=1S/C61H89N19O13/c1-35(2)27-43(77-57(91)46(30-38-19-10-5-11-20-38)79-55(89)44(28-36-15-6-3-7-16-36)73-50(84)33-71-49(83)32-72-52(86)39(62)34-81)54(88)78-45(29-37-17-8-4-9-18-37)56(90)75-41(22-13-25-70-61(67)68)59(93)80-26-14-23-47(80)58(92)74-40(21-12-24-69-60(65)66)53(87)76-42(51(64)85)31-48(63)82/h3-11,15-20,35,39-47,81H,12-14,21-34,62H2,1-2H3,(H2,63,82)(H2,64,85)(H,71,83)(H,72,86)(H,73,84)(H,74,92)(H,75,90)(H,76,87)(H,77,91)(H,78,88)(H,79,89)(H4,65,66,69)(H4,67,68,70)/t39-,40-,41-,42-,43-,44-,45-,46-,47-/m0/s1. The molecule has 32 nitrogen and oxygen atoms in total. The molecule has 0 spiro atoms. The number of primary amides is 2. The Morgan fingerprint density at radius 2 is 0.935 bits per heavy atom. The summed E-state index contributed by atoms with van der Waals surface area (Å²) in [5, 5.41) is 32.5. The van der Waals surface area contributed by atoms with Crippen LogP contribution in [-0.2, 0) is 76.8 Å². The van der Waals surface area contributed by atoms with Crippen LogP contribution >= 0.6 is 0 Å². The summed E-state index contributed by atoms with van der Waals surface area (Å²) >= 11 is 0. The van der Waals surface area contributed by atoms with Crippen molar-refractivity contribution in [2.75, 3.05) is 39.3 Å². The van der Waals surface area contributed by atoms with Crippen LogP contribution < -0.4 is 88.0 Å². The number of nitrogens with two attached hydrogens (primary N) is 7. The largest absolute Gasteiger partial charge is 0.394 e. The first-order chi connectivity index (χ1) is 44.2. The molecule has 4 rings (SSSR count). The highest BCUT2D eigenvalue weighted by molar-refractivity contribution is 5.99. The Hall–Kier alpha value is -10.2. The zero-order chi connectivity index (χ0) is 68.6. The first-order valence-corrected chi connectivity index (χ1v) is 30.4. The lowest BCUT2D eigenvalue weighted by Crippen LogP contribution is -2.61. The van der Waals surface area contributed by atoms with E-state index in [0.717, 1.165) is 0 Å². The molecule has 506 valence electrons. The van der Waals surface area contributed by atoms with E-state index >= 15 is 0 Å². The van der Waals surface area contributed by atoms with E-state index in [0.29, 0.717) is 23.1 Å². The highest BCUT2D eigenvalue weighted by Gasteiger charge is 2.41. The van der Waals surface area contributed by atoms with E-state index < -0.39 is 151 Å². The Labute approximate surface area is 538 Å². The van der Waals surface area contributed by atoms with Crippen LogP contribution in [0.1, 0.15) is 81.9 Å². The number of aliphatic imine (C=N–C) groups is 2. The van der Waals surface area contributed by atoms with Gasteiger partial charge in [-0.15, -0.1) is 0 Å². The summed E-state index contributed by atoms with van der Waals surface area (Å²) in [5.41, 5.74) is 40.2. The summed E-state index contributed by atoms with van der Waals surface area (Å²) in [6, 6.07) is 13.6. The van der Waals surface area contributed by atoms with Crippen LogP contribution in [0.3, 0.4) is 0 Å². The number of aliphatic hydroxyl groups is 1. The van der Waals surface area contributed by atoms with E-state index in [1.54, 1.807) is 105 Å². The molecule has 0 saturated carbocycles. The fraction of sp³-hybridized carbons (Fsp3) is 0.475. The van der Waals surface area contributed by atoms with Gasteiger partial charge >= 0.3 is 0 Å². The van der Waals surface area contributed by atoms with Gasteiger partial charge in [0.1, 0.15) is 54.4 Å². The number of benzene rings is 3. The van der Waals surface area contributed by atoms with Crippen molar-refractivity contribution < 1.29 is 62.6 Å². The molecule has 0 unspecified atom stereocenters. The fourth-order valence-corrected chi connectivity index (χ4v) is 9.84. The molecule has 12 amide bonds. The summed E-state index contributed by atoms with van der Waals surface area (Å²) in [6.07, 6.45) is -0.391. The molecule has 1 aliphatic heterocycles. The summed E-state index contributed by atoms with van der Waals surface area (Å²) in [6.45, 7) is 1.82. The lowest BCUT2D eigenvalue weighted by Gasteiger charge is -2.31. The molecule has 9 atom stereocenters. The highest BCUT2D eigenvalue weighted by atomic mass is 16.3. The molecule has 32 heteroatoms. The third-order valence-electron chi connectivity index (χ3n) is 14.6. The van der Waals surface area contributed by atoms with Crippen LogP contribution in [0.15, 0.2) is 101 Å². The Bertz CT molecular complexity index is 3080. The number of hydrogen-bond donors (Lipinski definition) is 17. The zero-order valence-electron chi connectivity index (χ0n) is 52.2. The first-order valence-electron chi connectivity index (χ1n) is 30.4. The zero-order valence-corrected chi connectivity index (χ0v) is 52.2. The van der Waals surface area contributed by atoms with E-state index in [-0.39, 0.29) is 95.3 Å². The van der Waals surface area contributed by atoms with Crippen molar-refractivity contribution >= 4 is 82.8 Å². The molecule has 93 heavy (non-hydrogen) atoms. The molecule has 24 N–H and O–H groups in total. The lowest BCUT2D eigenvalue weighted by molar-refractivity contribution is -0.142. The van der Waals surface area contributed by atoms with Gasteiger partial charge in [-0.05, 0) is 67.6 Å². The van der Waals surface area contributed by atoms with Crippen LogP contribution in [0, 0.1) is 5.92 Å². The molecule has 1 fully saturated rings. The SMILES string of the molecule is CC(C)C[C@H](NC(=O)[C@H](Cc1ccccc1)NC(=O)[C@H](Cc1ccccc1)NC(=O)CNC(=O)CNC(=O)[C@@H](N)CO)C(=O)N[C@@H](Cc1ccccc1)C(=O)N[C@@H](CCCN=C(N)N)C(=O)N1CCC[C@H]1C(=O)N[C@@H](CCCN=C(N)N)C(=O)N[C@@H](CC(N)=O)C(N)=O. The van der Waals surface area contributed by atoms with Crippen molar-refractivity contribution in [1.29, 1.82) is 0 Å². The van der Waals surface area contributed by atoms with Crippen molar-refractivity contribution in [1.82, 2.24) is 52.8 Å². The Morgan fingerprint density at radius 1 is 0.516 bits per heavy atom. The average Bonchev–Trinajstić information content (AvgIpc) is 2.54. The molecular weight excluding hydrogens is 1210 g/mol. The van der Waals surface area contributed by atoms with Gasteiger partial charge in [0.2, 0.25) is 70.9 Å². The predicted molar refractivity (Wildman–Crippen MR) is 342 cm³/mol. The molecule has 1 aliphatic rings. The van der Waals surface area contributed by atoms with E-state index in [4.69, 9.17) is 45.2 Å². The maximum Gasteiger partial charge on any atom is 0.245 e. The van der Waals surface area contributed by atoms with Crippen molar-refractivity contribution in [3.8, 4) is 0 Å². The van der Waals surface area contributed by atoms with Gasteiger partial charge in [-0.3, -0.25) is 67.5 Å². The Kier molecular flexibility index (Phi) is 31.6. The maximum absolute atomic E-state index is 14.9. The van der Waals surface area contributed by atoms with Crippen molar-refractivity contribution in [3.63, 3.8) is 0 Å². The number of carbonyl (C=O) groups is 12. The lowest BCUT2D eigenvalue weighted by atomic mass is 9.99. The second kappa shape index (κ2) is 39.1. The minimum absolute atomic E-state index is 0.0157. The maximum atomic E-state index is 14.9. The molecule has 1 heterocycles. The number of amides is 12. The number of aliphatic hydroxyl groups excluding tert-OH is 1. The normalized spacial score (nSPS) is 15.1. The third-order valence-corrected chi connectivity index (χ3v) is 14.6. The average molecular weight is 1300 g/mol. The summed E-state index contributed by atoms with van der Waals surface area (Å²) in [4.78, 5) is 173. The van der Waals surface area contributed by atoms with E-state index in [9.17, 15) is 57.5 Å². The first kappa shape index (κ1) is 75.2. The smallest absolute Gasteiger partial charge is 0.245 e. The van der Waals surface area contributed by atoms with Gasteiger partial charge in [0, 0.05) is 38.9 Å². The van der Waals surface area contributed by atoms with Gasteiger partial charge < -0.3 is 98.0 Å². The molecular formula is C61H89N19O13. The molecule has 0 aliphatic carbocycles. The monoisotopic (exact) mass is 1300 g/mol. The van der Waals surface area contributed by atoms with E-state index in [1.807, 2.05) is 0 Å². The number of guanidine groups is 2. The van der Waals surface area contributed by atoms with Gasteiger partial charge in [0.25, 0.3) is 0 Å². The van der Waals surface area contributed by atoms with Gasteiger partial charge in [-0.2, -0.15) is 0 Å². The topological polar surface area (TPSA) is 543 Å². The van der Waals surface area contributed by atoms with Crippen LogP contribution in [0.2, 0.25) is 0 Å². The summed E-state index contributed by atoms with van der Waals surface area (Å²) in [7, 11) is 0. The van der Waals surface area contributed by atoms with Crippen molar-refractivity contribution in [2.45, 2.75) is 139 Å². The molecule has 0 radical (unpaired) electrons. The Balaban J connectivity index is 1.64. The number of likely N-dealkylation sites (tertiary alicyclic amines) is 1. The molecule has 0 bridgehead atoms. The number of nitrogens with one attached hydrogen (secondary N) is 9. The third kappa shape index (κ3) is 27.4. The number of rotatable bonds is 39. The van der Waals surface area contributed by atoms with Crippen LogP contribution in [0.25, 0.3) is 0 Å². The quantitative estimate of drug-likeness (QED) is 0.0144. The van der Waals surface area contributed by atoms with Gasteiger partial charge in [0.15, 0.2) is 11.9 Å². The molecule has 0 aromatic heterocycles. The van der Waals surface area contributed by atoms with E-state index in [1.165, 1.54) is 4.90 Å². The predicted octanol–water partition coefficient (Wildman–Crippen LogP) is -5.83. The Morgan fingerprint density at radius 3 is 1.39 bits per heavy atom. The minimum atomic E-state index is -1.52. The fourth-order valence-electron chi connectivity index (χ4n) is 9.84. The molecule has 3 aromatic rings. The number of nitrogens with zero attached hydrogens (tertiary/aromatic N) is 3. The van der Waals surface area contributed by atoms with Crippen molar-refractivity contribution in [3.05, 3.63) is 108 Å². The van der Waals surface area contributed by atoms with Gasteiger partial charge in [-0.1, -0.05) is 105 Å². The summed E-state index contributed by atoms with van der Waals surface area (Å²) in [5.74, 6) is -10.8. The second-order valence-corrected chi connectivity index (χ2v) is 22.6. The number of hydrogen-bond acceptors (Lipinski definition) is 16. The number of carbonyl (C=O) groups excluding carboxylic acids is 12. The highest BCUT2D eigenvalue weighted by Crippen LogP contribution is 2.21. The minimum Gasteiger partial charge on any atom is -0.394 e. The molecule has 3 aromatic carbocycles. The molecule has 1 saturated heterocycles. The van der Waals surface area contributed by atoms with E-state index in [2.05, 4.69) is 57.8 Å². The van der Waals surface area contributed by atoms with Crippen LogP contribution in [-0.4, -0.2) is 187 Å². The van der Waals surface area contributed by atoms with Gasteiger partial charge in [-0.25, -0.2) is 0 Å². The summed E-state index contributed by atoms with van der Waals surface area (Å²) < 4.78 is 0. The van der Waals surface area contributed by atoms with Crippen molar-refractivity contribution in [2.24, 2.45) is 56.0 Å². The van der Waals surface area contributed by atoms with Crippen LogP contribution in [0.4, 0.5) is 0 Å². The second-order valence-electron chi connectivity index (χ2n) is 22.6. The van der Waals surface area contributed by atoms with Gasteiger partial charge in [0.05, 0.1) is 26.1 Å². The van der Waals surface area contributed by atoms with Crippen LogP contribution in [0.5, 0.6) is 0 Å².